The summed E-state index contributed by atoms with van der Waals surface area (Å²) in [7, 11) is 0. The predicted octanol–water partition coefficient (Wildman–Crippen LogP) is 13.1. The van der Waals surface area contributed by atoms with Crippen LogP contribution < -0.4 is 0 Å². The maximum atomic E-state index is 10.8. The third kappa shape index (κ3) is 4.07. The molecule has 0 radical (unpaired) electrons. The predicted molar refractivity (Wildman–Crippen MR) is 225 cm³/mol. The number of benzene rings is 8. The number of hydrogen-bond acceptors (Lipinski definition) is 4. The molecule has 0 bridgehead atoms. The molecule has 0 spiro atoms. The maximum Gasteiger partial charge on any atom is 0.160 e. The third-order valence-corrected chi connectivity index (χ3v) is 11.4. The Hall–Kier alpha value is -8.06. The van der Waals surface area contributed by atoms with Crippen LogP contribution in [0.3, 0.4) is 0 Å². The summed E-state index contributed by atoms with van der Waals surface area (Å²) in [5.74, 6) is 0. The van der Waals surface area contributed by atoms with Crippen molar-refractivity contribution in [2.24, 2.45) is 0 Å². The minimum Gasteiger partial charge on any atom is -0.456 e. The highest BCUT2D eigenvalue weighted by atomic mass is 16.3. The molecule has 6 nitrogen and oxygen atoms in total. The van der Waals surface area contributed by atoms with Crippen molar-refractivity contribution in [1.82, 2.24) is 9.13 Å². The van der Waals surface area contributed by atoms with Gasteiger partial charge < -0.3 is 18.0 Å². The fourth-order valence-corrected chi connectivity index (χ4v) is 8.99. The van der Waals surface area contributed by atoms with Crippen molar-refractivity contribution in [3.63, 3.8) is 0 Å². The van der Waals surface area contributed by atoms with E-state index in [1.165, 1.54) is 0 Å². The molecule has 56 heavy (non-hydrogen) atoms. The van der Waals surface area contributed by atoms with E-state index in [0.717, 1.165) is 110 Å². The second kappa shape index (κ2) is 11.2. The first-order valence-corrected chi connectivity index (χ1v) is 18.5. The summed E-state index contributed by atoms with van der Waals surface area (Å²) in [5, 5.41) is 29.7. The summed E-state index contributed by atoms with van der Waals surface area (Å²) >= 11 is 0. The summed E-state index contributed by atoms with van der Waals surface area (Å²) < 4.78 is 17.3. The van der Waals surface area contributed by atoms with Crippen molar-refractivity contribution in [3.05, 3.63) is 169 Å². The van der Waals surface area contributed by atoms with E-state index in [-0.39, 0.29) is 0 Å². The van der Waals surface area contributed by atoms with Gasteiger partial charge in [-0.05, 0) is 83.9 Å². The van der Waals surface area contributed by atoms with Gasteiger partial charge in [-0.15, -0.1) is 0 Å². The average Bonchev–Trinajstić information content (AvgIpc) is 4.01. The highest BCUT2D eigenvalue weighted by Gasteiger charge is 2.22. The van der Waals surface area contributed by atoms with Gasteiger partial charge in [0.2, 0.25) is 0 Å². The van der Waals surface area contributed by atoms with Gasteiger partial charge in [0.25, 0.3) is 0 Å². The van der Waals surface area contributed by atoms with Gasteiger partial charge in [0.1, 0.15) is 22.8 Å². The van der Waals surface area contributed by atoms with Crippen LogP contribution >= 0.6 is 0 Å². The number of fused-ring (bicyclic) bond motifs is 14. The first-order chi connectivity index (χ1) is 27.7. The molecule has 8 aromatic carbocycles. The van der Waals surface area contributed by atoms with E-state index in [4.69, 9.17) is 8.83 Å². The van der Waals surface area contributed by atoms with Gasteiger partial charge in [0.05, 0.1) is 50.3 Å². The zero-order chi connectivity index (χ0) is 37.1. The molecule has 12 aromatic rings. The van der Waals surface area contributed by atoms with Gasteiger partial charge in [-0.3, -0.25) is 0 Å². The van der Waals surface area contributed by atoms with Crippen molar-refractivity contribution in [2.75, 3.05) is 0 Å². The Morgan fingerprint density at radius 1 is 0.429 bits per heavy atom. The second-order valence-corrected chi connectivity index (χ2v) is 14.3. The van der Waals surface area contributed by atoms with Crippen LogP contribution in [0.15, 0.2) is 167 Å². The normalized spacial score (nSPS) is 11.9. The lowest BCUT2D eigenvalue weighted by Crippen LogP contribution is -1.99. The molecule has 0 saturated carbocycles. The van der Waals surface area contributed by atoms with E-state index >= 15 is 0 Å². The summed E-state index contributed by atoms with van der Waals surface area (Å²) in [5.41, 5.74) is 11.5. The lowest BCUT2D eigenvalue weighted by molar-refractivity contribution is 0.669. The van der Waals surface area contributed by atoms with Crippen LogP contribution in [0.1, 0.15) is 11.1 Å². The van der Waals surface area contributed by atoms with Crippen molar-refractivity contribution in [1.29, 1.82) is 10.5 Å². The summed E-state index contributed by atoms with van der Waals surface area (Å²) in [6, 6.07) is 58.2. The van der Waals surface area contributed by atoms with Crippen LogP contribution in [0.25, 0.3) is 110 Å². The molecule has 6 heteroatoms. The van der Waals surface area contributed by atoms with Crippen LogP contribution in [0.5, 0.6) is 0 Å². The van der Waals surface area contributed by atoms with E-state index in [2.05, 4.69) is 81.9 Å². The monoisotopic (exact) mass is 714 g/mol. The Labute approximate surface area is 318 Å². The fourth-order valence-electron chi connectivity index (χ4n) is 8.99. The van der Waals surface area contributed by atoms with Gasteiger partial charge in [-0.2, -0.15) is 10.5 Å². The SMILES string of the molecule is N#Cc1cc(-c2ccc(-n3c4ccccc4c4ccc5oc6ccccc6c5c43)c(C#N)c2)cc(-n2c3ccccc3c3ccc4c5ccccc5oc4c32)c1. The molecule has 12 rings (SSSR count). The zero-order valence-electron chi connectivity index (χ0n) is 29.6. The van der Waals surface area contributed by atoms with Crippen molar-refractivity contribution >= 4 is 87.5 Å². The number of nitrogens with zero attached hydrogens (tertiary/aromatic N) is 4. The molecule has 0 unspecified atom stereocenters. The van der Waals surface area contributed by atoms with Crippen LogP contribution in [0.2, 0.25) is 0 Å². The van der Waals surface area contributed by atoms with Gasteiger partial charge in [0.15, 0.2) is 5.58 Å². The minimum atomic E-state index is 0.513. The highest BCUT2D eigenvalue weighted by Crippen LogP contribution is 2.43. The molecule has 0 aliphatic carbocycles. The molecule has 0 aliphatic rings. The van der Waals surface area contributed by atoms with E-state index in [0.29, 0.717) is 11.1 Å². The number of hydrogen-bond donors (Lipinski definition) is 0. The first kappa shape index (κ1) is 30.4. The average molecular weight is 715 g/mol. The summed E-state index contributed by atoms with van der Waals surface area (Å²) in [4.78, 5) is 0. The molecule has 258 valence electrons. The maximum absolute atomic E-state index is 10.8. The zero-order valence-corrected chi connectivity index (χ0v) is 29.6. The van der Waals surface area contributed by atoms with E-state index in [1.54, 1.807) is 0 Å². The molecule has 0 atom stereocenters. The Bertz CT molecular complexity index is 3750. The highest BCUT2D eigenvalue weighted by molar-refractivity contribution is 6.25. The van der Waals surface area contributed by atoms with Crippen molar-refractivity contribution in [2.45, 2.75) is 0 Å². The van der Waals surface area contributed by atoms with Crippen LogP contribution in [-0.4, -0.2) is 9.13 Å². The smallest absolute Gasteiger partial charge is 0.160 e. The number of furan rings is 2. The van der Waals surface area contributed by atoms with Crippen LogP contribution in [-0.2, 0) is 0 Å². The lowest BCUT2D eigenvalue weighted by Gasteiger charge is -2.14. The Kier molecular flexibility index (Phi) is 6.10. The first-order valence-electron chi connectivity index (χ1n) is 18.5. The topological polar surface area (TPSA) is 83.7 Å². The largest absolute Gasteiger partial charge is 0.456 e. The van der Waals surface area contributed by atoms with Gasteiger partial charge in [-0.1, -0.05) is 84.9 Å². The standard InChI is InChI=1S/C50H26N4O2/c51-27-29-23-31(26-33(24-29)53-42-13-5-1-10-35(42)38-18-19-39-36-11-3-7-15-44(36)56-50(39)49(38)53)30-17-21-41(32(25-30)28-52)54-43-14-6-2-9-34(43)37-20-22-46-47(48(37)54)40-12-4-8-16-45(40)55-46/h1-26H. The van der Waals surface area contributed by atoms with Gasteiger partial charge in [0, 0.05) is 43.4 Å². The van der Waals surface area contributed by atoms with Crippen LogP contribution in [0, 0.1) is 22.7 Å². The molecule has 0 amide bonds. The van der Waals surface area contributed by atoms with E-state index in [9.17, 15) is 10.5 Å². The number of para-hydroxylation sites is 4. The van der Waals surface area contributed by atoms with Crippen LogP contribution in [0.4, 0.5) is 0 Å². The van der Waals surface area contributed by atoms with E-state index < -0.39 is 0 Å². The number of aromatic nitrogens is 2. The Balaban J connectivity index is 1.10. The minimum absolute atomic E-state index is 0.513. The summed E-state index contributed by atoms with van der Waals surface area (Å²) in [6.07, 6.45) is 0. The molecule has 0 saturated heterocycles. The van der Waals surface area contributed by atoms with Gasteiger partial charge >= 0.3 is 0 Å². The fraction of sp³-hybridized carbons (Fsp3) is 0. The number of nitriles is 2. The molecule has 0 N–H and O–H groups in total. The molecule has 4 aromatic heterocycles. The molecule has 4 heterocycles. The molecular weight excluding hydrogens is 689 g/mol. The lowest BCUT2D eigenvalue weighted by atomic mass is 9.99. The third-order valence-electron chi connectivity index (χ3n) is 11.4. The Morgan fingerprint density at radius 3 is 1.84 bits per heavy atom. The number of rotatable bonds is 3. The van der Waals surface area contributed by atoms with Gasteiger partial charge in [-0.25, -0.2) is 0 Å². The van der Waals surface area contributed by atoms with E-state index in [1.807, 2.05) is 97.1 Å². The van der Waals surface area contributed by atoms with Crippen molar-refractivity contribution in [3.8, 4) is 34.6 Å². The van der Waals surface area contributed by atoms with Crippen molar-refractivity contribution < 1.29 is 8.83 Å². The quantitative estimate of drug-likeness (QED) is 0.182. The summed E-state index contributed by atoms with van der Waals surface area (Å²) in [6.45, 7) is 0. The molecule has 0 aliphatic heterocycles. The molecular formula is C50H26N4O2. The molecule has 0 fully saturated rings. The Morgan fingerprint density at radius 2 is 1.07 bits per heavy atom. The second-order valence-electron chi connectivity index (χ2n) is 14.3.